The molecule has 3 nitrogen and oxygen atoms in total. The predicted octanol–water partition coefficient (Wildman–Crippen LogP) is 3.95. The predicted molar refractivity (Wildman–Crippen MR) is 71.8 cm³/mol. The van der Waals surface area contributed by atoms with E-state index in [0.717, 1.165) is 17.7 Å². The molecule has 0 atom stereocenters. The molecule has 0 aliphatic rings. The number of rotatable bonds is 2. The Morgan fingerprint density at radius 3 is 2.29 bits per heavy atom. The third kappa shape index (κ3) is 2.79. The van der Waals surface area contributed by atoms with Crippen LogP contribution in [0.3, 0.4) is 0 Å². The molecule has 3 aromatic rings. The van der Waals surface area contributed by atoms with Gasteiger partial charge in [0.25, 0.3) is 0 Å². The van der Waals surface area contributed by atoms with Crippen molar-refractivity contribution in [1.29, 1.82) is 0 Å². The number of halogens is 3. The molecule has 21 heavy (non-hydrogen) atoms. The highest BCUT2D eigenvalue weighted by Gasteiger charge is 2.29. The second kappa shape index (κ2) is 5.05. The van der Waals surface area contributed by atoms with E-state index in [9.17, 15) is 13.2 Å². The minimum absolute atomic E-state index is 0.649. The van der Waals surface area contributed by atoms with E-state index in [-0.39, 0.29) is 0 Å². The third-order valence-electron chi connectivity index (χ3n) is 3.01. The Kier molecular flexibility index (Phi) is 3.21. The maximum absolute atomic E-state index is 12.5. The summed E-state index contributed by atoms with van der Waals surface area (Å²) in [6.45, 7) is 0. The zero-order chi connectivity index (χ0) is 14.9. The van der Waals surface area contributed by atoms with Crippen LogP contribution in [-0.2, 0) is 6.18 Å². The van der Waals surface area contributed by atoms with Crippen LogP contribution in [0.25, 0.3) is 16.9 Å². The summed E-state index contributed by atoms with van der Waals surface area (Å²) in [5.41, 5.74) is 0.739. The van der Waals surface area contributed by atoms with Crippen molar-refractivity contribution in [3.05, 3.63) is 66.6 Å². The maximum atomic E-state index is 12.5. The number of aromatic nitrogens is 3. The van der Waals surface area contributed by atoms with E-state index in [1.807, 2.05) is 6.07 Å². The van der Waals surface area contributed by atoms with E-state index < -0.39 is 11.7 Å². The van der Waals surface area contributed by atoms with Crippen LogP contribution in [0, 0.1) is 0 Å². The van der Waals surface area contributed by atoms with E-state index in [2.05, 4.69) is 10.1 Å². The third-order valence-corrected chi connectivity index (χ3v) is 3.01. The van der Waals surface area contributed by atoms with Gasteiger partial charge in [-0.2, -0.15) is 18.3 Å². The van der Waals surface area contributed by atoms with E-state index >= 15 is 0 Å². The van der Waals surface area contributed by atoms with Crippen LogP contribution in [0.4, 0.5) is 13.2 Å². The largest absolute Gasteiger partial charge is 0.416 e. The van der Waals surface area contributed by atoms with Gasteiger partial charge in [0, 0.05) is 18.0 Å². The van der Waals surface area contributed by atoms with Gasteiger partial charge in [-0.3, -0.25) is 0 Å². The minimum atomic E-state index is -4.32. The topological polar surface area (TPSA) is 30.7 Å². The van der Waals surface area contributed by atoms with E-state index in [4.69, 9.17) is 0 Å². The second-order valence-electron chi connectivity index (χ2n) is 4.44. The molecule has 0 saturated carbocycles. The van der Waals surface area contributed by atoms with Gasteiger partial charge in [-0.05, 0) is 29.8 Å². The number of benzene rings is 1. The van der Waals surface area contributed by atoms with Crippen LogP contribution in [-0.4, -0.2) is 14.8 Å². The normalized spacial score (nSPS) is 11.6. The first-order valence-electron chi connectivity index (χ1n) is 6.18. The number of alkyl halides is 3. The summed E-state index contributed by atoms with van der Waals surface area (Å²) in [7, 11) is 0. The lowest BCUT2D eigenvalue weighted by Gasteiger charge is -2.06. The summed E-state index contributed by atoms with van der Waals surface area (Å²) in [6, 6.07) is 10.4. The molecule has 0 N–H and O–H groups in total. The summed E-state index contributed by atoms with van der Waals surface area (Å²) >= 11 is 0. The molecule has 1 aromatic carbocycles. The van der Waals surface area contributed by atoms with Gasteiger partial charge in [0.1, 0.15) is 0 Å². The summed E-state index contributed by atoms with van der Waals surface area (Å²) < 4.78 is 39.1. The molecule has 0 aliphatic carbocycles. The van der Waals surface area contributed by atoms with Gasteiger partial charge in [-0.15, -0.1) is 0 Å². The average Bonchev–Trinajstić information content (AvgIpc) is 2.97. The second-order valence-corrected chi connectivity index (χ2v) is 4.44. The van der Waals surface area contributed by atoms with Gasteiger partial charge in [-0.1, -0.05) is 18.2 Å². The lowest BCUT2D eigenvalue weighted by atomic mass is 10.1. The lowest BCUT2D eigenvalue weighted by molar-refractivity contribution is -0.137. The Bertz CT molecular complexity index is 731. The molecule has 2 heterocycles. The first kappa shape index (κ1) is 13.4. The standard InChI is InChI=1S/C15H10F3N3/c16-15(17,18)13-6-4-11(5-7-13)12-9-20-21(10-12)14-3-1-2-8-19-14/h1-10H. The zero-order valence-corrected chi connectivity index (χ0v) is 10.7. The van der Waals surface area contributed by atoms with Crippen LogP contribution in [0.1, 0.15) is 5.56 Å². The van der Waals surface area contributed by atoms with E-state index in [0.29, 0.717) is 11.4 Å². The molecule has 3 rings (SSSR count). The average molecular weight is 289 g/mol. The molecular weight excluding hydrogens is 279 g/mol. The first-order chi connectivity index (χ1) is 10.0. The molecule has 2 aromatic heterocycles. The molecule has 0 amide bonds. The van der Waals surface area contributed by atoms with Crippen LogP contribution in [0.2, 0.25) is 0 Å². The van der Waals surface area contributed by atoms with Crippen molar-refractivity contribution >= 4 is 0 Å². The van der Waals surface area contributed by atoms with Gasteiger partial charge in [0.15, 0.2) is 5.82 Å². The molecule has 0 spiro atoms. The SMILES string of the molecule is FC(F)(F)c1ccc(-c2cnn(-c3ccccn3)c2)cc1. The number of hydrogen-bond acceptors (Lipinski definition) is 2. The number of pyridine rings is 1. The van der Waals surface area contributed by atoms with Gasteiger partial charge < -0.3 is 0 Å². The molecule has 0 saturated heterocycles. The molecule has 6 heteroatoms. The van der Waals surface area contributed by atoms with Gasteiger partial charge in [0.2, 0.25) is 0 Å². The molecule has 106 valence electrons. The molecular formula is C15H10F3N3. The summed E-state index contributed by atoms with van der Waals surface area (Å²) in [5, 5.41) is 4.17. The van der Waals surface area contributed by atoms with Gasteiger partial charge >= 0.3 is 6.18 Å². The van der Waals surface area contributed by atoms with E-state index in [1.165, 1.54) is 12.1 Å². The monoisotopic (exact) mass is 289 g/mol. The van der Waals surface area contributed by atoms with Crippen molar-refractivity contribution in [2.45, 2.75) is 6.18 Å². The van der Waals surface area contributed by atoms with Crippen molar-refractivity contribution in [3.63, 3.8) is 0 Å². The number of hydrogen-bond donors (Lipinski definition) is 0. The fourth-order valence-corrected chi connectivity index (χ4v) is 1.94. The summed E-state index contributed by atoms with van der Waals surface area (Å²) in [4.78, 5) is 4.15. The van der Waals surface area contributed by atoms with Crippen molar-refractivity contribution in [3.8, 4) is 16.9 Å². The fraction of sp³-hybridized carbons (Fsp3) is 0.0667. The Hall–Kier alpha value is -2.63. The number of nitrogens with zero attached hydrogens (tertiary/aromatic N) is 3. The maximum Gasteiger partial charge on any atom is 0.416 e. The zero-order valence-electron chi connectivity index (χ0n) is 10.7. The Morgan fingerprint density at radius 1 is 0.905 bits per heavy atom. The van der Waals surface area contributed by atoms with Crippen molar-refractivity contribution in [1.82, 2.24) is 14.8 Å². The van der Waals surface area contributed by atoms with Crippen molar-refractivity contribution < 1.29 is 13.2 Å². The highest BCUT2D eigenvalue weighted by Crippen LogP contribution is 2.30. The van der Waals surface area contributed by atoms with Crippen LogP contribution in [0.5, 0.6) is 0 Å². The Morgan fingerprint density at radius 2 is 1.67 bits per heavy atom. The fourth-order valence-electron chi connectivity index (χ4n) is 1.94. The lowest BCUT2D eigenvalue weighted by Crippen LogP contribution is -2.03. The summed E-state index contributed by atoms with van der Waals surface area (Å²) in [6.07, 6.45) is 0.647. The molecule has 0 unspecified atom stereocenters. The van der Waals surface area contributed by atoms with Crippen molar-refractivity contribution in [2.24, 2.45) is 0 Å². The molecule has 0 aliphatic heterocycles. The van der Waals surface area contributed by atoms with Crippen LogP contribution in [0.15, 0.2) is 61.1 Å². The quantitative estimate of drug-likeness (QED) is 0.715. The highest BCUT2D eigenvalue weighted by molar-refractivity contribution is 5.62. The van der Waals surface area contributed by atoms with Crippen molar-refractivity contribution in [2.75, 3.05) is 0 Å². The highest BCUT2D eigenvalue weighted by atomic mass is 19.4. The minimum Gasteiger partial charge on any atom is -0.237 e. The smallest absolute Gasteiger partial charge is 0.237 e. The molecule has 0 bridgehead atoms. The van der Waals surface area contributed by atoms with Gasteiger partial charge in [-0.25, -0.2) is 9.67 Å². The Balaban J connectivity index is 1.90. The van der Waals surface area contributed by atoms with Gasteiger partial charge in [0.05, 0.1) is 11.8 Å². The Labute approximate surface area is 118 Å². The summed E-state index contributed by atoms with van der Waals surface area (Å²) in [5.74, 6) is 0.649. The van der Waals surface area contributed by atoms with Crippen LogP contribution < -0.4 is 0 Å². The molecule has 0 radical (unpaired) electrons. The van der Waals surface area contributed by atoms with E-state index in [1.54, 1.807) is 35.4 Å². The van der Waals surface area contributed by atoms with Crippen LogP contribution >= 0.6 is 0 Å². The first-order valence-corrected chi connectivity index (χ1v) is 6.18. The molecule has 0 fully saturated rings.